The van der Waals surface area contributed by atoms with E-state index in [1.165, 1.54) is 0 Å². The van der Waals surface area contributed by atoms with Gasteiger partial charge in [-0.15, -0.1) is 0 Å². The first-order chi connectivity index (χ1) is 12.7. The van der Waals surface area contributed by atoms with E-state index in [1.807, 2.05) is 48.6 Å². The average molecular weight is 360 g/mol. The van der Waals surface area contributed by atoms with Gasteiger partial charge in [0.25, 0.3) is 0 Å². The van der Waals surface area contributed by atoms with Crippen molar-refractivity contribution in [3.05, 3.63) is 72.9 Å². The minimum absolute atomic E-state index is 0.180. The third kappa shape index (κ3) is 18.2. The van der Waals surface area contributed by atoms with Crippen molar-refractivity contribution in [1.82, 2.24) is 0 Å². The van der Waals surface area contributed by atoms with Crippen LogP contribution in [0.4, 0.5) is 0 Å². The number of carbonyl (C=O) groups is 1. The normalized spacial score (nSPS) is 14.2. The molecule has 0 fully saturated rings. The summed E-state index contributed by atoms with van der Waals surface area (Å²) in [7, 11) is 0. The number of hydrogen-bond donors (Lipinski definition) is 2. The molecule has 144 valence electrons. The number of rotatable bonds is 15. The van der Waals surface area contributed by atoms with Crippen LogP contribution in [0.2, 0.25) is 0 Å². The molecule has 4 nitrogen and oxygen atoms in total. The molecule has 0 aromatic carbocycles. The predicted octanol–water partition coefficient (Wildman–Crippen LogP) is 6.02. The summed E-state index contributed by atoms with van der Waals surface area (Å²) in [5.41, 5.74) is 0. The quantitative estimate of drug-likeness (QED) is 0.162. The Morgan fingerprint density at radius 2 is 1.50 bits per heavy atom. The highest BCUT2D eigenvalue weighted by Crippen LogP contribution is 2.02. The van der Waals surface area contributed by atoms with E-state index in [0.29, 0.717) is 12.8 Å². The second-order valence-corrected chi connectivity index (χ2v) is 5.63. The van der Waals surface area contributed by atoms with E-state index in [9.17, 15) is 4.79 Å². The van der Waals surface area contributed by atoms with Crippen LogP contribution in [0, 0.1) is 0 Å². The van der Waals surface area contributed by atoms with Crippen molar-refractivity contribution in [1.29, 1.82) is 0 Å². The lowest BCUT2D eigenvalue weighted by Crippen LogP contribution is -2.04. The molecule has 0 amide bonds. The van der Waals surface area contributed by atoms with Gasteiger partial charge in [0.1, 0.15) is 6.10 Å². The van der Waals surface area contributed by atoms with Crippen LogP contribution in [-0.2, 0) is 9.68 Å². The van der Waals surface area contributed by atoms with Crippen LogP contribution in [0.15, 0.2) is 72.9 Å². The number of carboxylic acid groups (broad SMARTS) is 1. The summed E-state index contributed by atoms with van der Waals surface area (Å²) < 4.78 is 0. The third-order valence-corrected chi connectivity index (χ3v) is 3.32. The molecule has 26 heavy (non-hydrogen) atoms. The molecule has 4 heteroatoms. The maximum Gasteiger partial charge on any atom is 0.303 e. The van der Waals surface area contributed by atoms with Gasteiger partial charge in [0, 0.05) is 6.42 Å². The monoisotopic (exact) mass is 360 g/mol. The molecule has 0 saturated heterocycles. The summed E-state index contributed by atoms with van der Waals surface area (Å²) in [6, 6.07) is 0. The molecule has 0 aliphatic heterocycles. The number of carboxylic acids is 1. The first-order valence-corrected chi connectivity index (χ1v) is 9.16. The largest absolute Gasteiger partial charge is 0.481 e. The average Bonchev–Trinajstić information content (AvgIpc) is 2.63. The Morgan fingerprint density at radius 3 is 2.15 bits per heavy atom. The molecular weight excluding hydrogens is 328 g/mol. The molecule has 0 aromatic rings. The standard InChI is InChI=1S/C22H32O4/c1-2-3-4-5-12-15-18-21(26-25)19-16-13-10-8-6-7-9-11-14-17-20-22(23)24/h3-4,6-7,10-16,19,21,25H,2,5,8-9,17-18,20H2,1H3,(H,23,24)/t21-/m0/s1. The van der Waals surface area contributed by atoms with Gasteiger partial charge in [0.05, 0.1) is 0 Å². The first kappa shape index (κ1) is 23.8. The summed E-state index contributed by atoms with van der Waals surface area (Å²) in [4.78, 5) is 14.8. The molecule has 0 spiro atoms. The van der Waals surface area contributed by atoms with Crippen molar-refractivity contribution < 1.29 is 20.0 Å². The van der Waals surface area contributed by atoms with E-state index in [2.05, 4.69) is 36.1 Å². The topological polar surface area (TPSA) is 66.8 Å². The SMILES string of the molecule is CCC=CCC=CC[C@@H](C=CC=CCC=CCC=CCCC(=O)O)OO. The van der Waals surface area contributed by atoms with Crippen LogP contribution in [0.25, 0.3) is 0 Å². The molecule has 0 unspecified atom stereocenters. The Hall–Kier alpha value is -2.17. The molecule has 0 heterocycles. The number of hydrogen-bond acceptors (Lipinski definition) is 3. The van der Waals surface area contributed by atoms with Gasteiger partial charge in [-0.1, -0.05) is 79.8 Å². The smallest absolute Gasteiger partial charge is 0.303 e. The van der Waals surface area contributed by atoms with E-state index in [1.54, 1.807) is 0 Å². The van der Waals surface area contributed by atoms with Crippen molar-refractivity contribution in [3.8, 4) is 0 Å². The number of aliphatic carboxylic acids is 1. The van der Waals surface area contributed by atoms with Gasteiger partial charge in [-0.2, -0.15) is 0 Å². The predicted molar refractivity (Wildman–Crippen MR) is 108 cm³/mol. The fourth-order valence-electron chi connectivity index (χ4n) is 1.94. The minimum Gasteiger partial charge on any atom is -0.481 e. The molecule has 2 N–H and O–H groups in total. The molecule has 0 aromatic heterocycles. The zero-order chi connectivity index (χ0) is 19.3. The second kappa shape index (κ2) is 19.2. The van der Waals surface area contributed by atoms with Gasteiger partial charge in [-0.3, -0.25) is 10.1 Å². The van der Waals surface area contributed by atoms with Crippen LogP contribution >= 0.6 is 0 Å². The third-order valence-electron chi connectivity index (χ3n) is 3.32. The van der Waals surface area contributed by atoms with Crippen LogP contribution in [0.5, 0.6) is 0 Å². The summed E-state index contributed by atoms with van der Waals surface area (Å²) in [5, 5.41) is 17.4. The highest BCUT2D eigenvalue weighted by atomic mass is 17.1. The summed E-state index contributed by atoms with van der Waals surface area (Å²) in [6.07, 6.45) is 28.5. The zero-order valence-corrected chi connectivity index (χ0v) is 15.7. The molecule has 0 aliphatic carbocycles. The van der Waals surface area contributed by atoms with Gasteiger partial charge in [0.2, 0.25) is 0 Å². The van der Waals surface area contributed by atoms with Crippen molar-refractivity contribution in [2.24, 2.45) is 0 Å². The van der Waals surface area contributed by atoms with Gasteiger partial charge in [-0.25, -0.2) is 4.89 Å². The van der Waals surface area contributed by atoms with Gasteiger partial charge >= 0.3 is 5.97 Å². The maximum absolute atomic E-state index is 10.3. The van der Waals surface area contributed by atoms with E-state index in [4.69, 9.17) is 10.4 Å². The summed E-state index contributed by atoms with van der Waals surface area (Å²) in [6.45, 7) is 2.10. The van der Waals surface area contributed by atoms with Crippen molar-refractivity contribution in [2.75, 3.05) is 0 Å². The van der Waals surface area contributed by atoms with E-state index in [0.717, 1.165) is 25.7 Å². The highest BCUT2D eigenvalue weighted by Gasteiger charge is 1.99. The maximum atomic E-state index is 10.3. The van der Waals surface area contributed by atoms with Gasteiger partial charge in [0.15, 0.2) is 0 Å². The van der Waals surface area contributed by atoms with E-state index < -0.39 is 5.97 Å². The van der Waals surface area contributed by atoms with Gasteiger partial charge in [-0.05, 0) is 38.5 Å². The lowest BCUT2D eigenvalue weighted by molar-refractivity contribution is -0.264. The zero-order valence-electron chi connectivity index (χ0n) is 15.7. The molecule has 0 saturated carbocycles. The lowest BCUT2D eigenvalue weighted by atomic mass is 10.2. The van der Waals surface area contributed by atoms with E-state index in [-0.39, 0.29) is 12.5 Å². The Balaban J connectivity index is 3.87. The van der Waals surface area contributed by atoms with Crippen molar-refractivity contribution in [3.63, 3.8) is 0 Å². The fraction of sp³-hybridized carbons (Fsp3) is 0.409. The Bertz CT molecular complexity index is 510. The molecule has 1 atom stereocenters. The highest BCUT2D eigenvalue weighted by molar-refractivity contribution is 5.66. The van der Waals surface area contributed by atoms with Crippen molar-refractivity contribution in [2.45, 2.75) is 58.0 Å². The molecular formula is C22H32O4. The lowest BCUT2D eigenvalue weighted by Gasteiger charge is -2.03. The Kier molecular flexibility index (Phi) is 17.6. The second-order valence-electron chi connectivity index (χ2n) is 5.63. The summed E-state index contributed by atoms with van der Waals surface area (Å²) >= 11 is 0. The molecule has 0 bridgehead atoms. The Labute approximate surface area is 157 Å². The minimum atomic E-state index is -0.766. The summed E-state index contributed by atoms with van der Waals surface area (Å²) in [5.74, 6) is -0.766. The van der Waals surface area contributed by atoms with Crippen molar-refractivity contribution >= 4 is 5.97 Å². The Morgan fingerprint density at radius 1 is 0.885 bits per heavy atom. The first-order valence-electron chi connectivity index (χ1n) is 9.16. The molecule has 0 aliphatic rings. The van der Waals surface area contributed by atoms with Crippen LogP contribution < -0.4 is 0 Å². The fourth-order valence-corrected chi connectivity index (χ4v) is 1.94. The van der Waals surface area contributed by atoms with Gasteiger partial charge < -0.3 is 5.11 Å². The van der Waals surface area contributed by atoms with Crippen LogP contribution in [0.3, 0.4) is 0 Å². The van der Waals surface area contributed by atoms with E-state index >= 15 is 0 Å². The molecule has 0 rings (SSSR count). The number of allylic oxidation sites excluding steroid dienone is 10. The van der Waals surface area contributed by atoms with Crippen LogP contribution in [0.1, 0.15) is 51.9 Å². The van der Waals surface area contributed by atoms with Crippen LogP contribution in [-0.4, -0.2) is 22.4 Å². The molecule has 0 radical (unpaired) electrons.